The van der Waals surface area contributed by atoms with Crippen LogP contribution in [0.25, 0.3) is 0 Å². The molecule has 0 aliphatic rings. The quantitative estimate of drug-likeness (QED) is 0.430. The van der Waals surface area contributed by atoms with Gasteiger partial charge in [0, 0.05) is 0 Å². The van der Waals surface area contributed by atoms with E-state index in [-0.39, 0.29) is 10.0 Å². The van der Waals surface area contributed by atoms with E-state index in [4.69, 9.17) is 8.19 Å². The molecule has 88 valence electrons. The summed E-state index contributed by atoms with van der Waals surface area (Å²) < 4.78 is 28.6. The molecule has 0 fully saturated rings. The molecule has 0 bridgehead atoms. The molecule has 0 aromatic heterocycles. The number of rotatable bonds is 3. The van der Waals surface area contributed by atoms with Crippen molar-refractivity contribution >= 4 is 29.9 Å². The standard InChI is InChI=1S/C8H11AsN2O5/c1-10(2)7-4-3-6(9(12,13)14)5-8(7)11(15)16/h3-5H,1-2H3,(H2,12,13,14). The molecular formula is C8H11AsN2O5. The zero-order valence-corrected chi connectivity index (χ0v) is 10.6. The van der Waals surface area contributed by atoms with Crippen LogP contribution in [0.5, 0.6) is 0 Å². The Bertz CT molecular complexity index is 467. The van der Waals surface area contributed by atoms with Crippen LogP contribution in [0.2, 0.25) is 0 Å². The van der Waals surface area contributed by atoms with Gasteiger partial charge in [0.15, 0.2) is 0 Å². The minimum atomic E-state index is -5.08. The van der Waals surface area contributed by atoms with Gasteiger partial charge in [0.2, 0.25) is 0 Å². The van der Waals surface area contributed by atoms with Crippen LogP contribution in [-0.2, 0) is 3.74 Å². The van der Waals surface area contributed by atoms with E-state index in [1.54, 1.807) is 14.1 Å². The Hall–Kier alpha value is -1.30. The van der Waals surface area contributed by atoms with Crippen molar-refractivity contribution in [2.75, 3.05) is 19.0 Å². The predicted octanol–water partition coefficient (Wildman–Crippen LogP) is -0.778. The van der Waals surface area contributed by atoms with E-state index < -0.39 is 19.1 Å². The third-order valence-corrected chi connectivity index (χ3v) is 3.97. The second-order valence-corrected chi connectivity index (χ2v) is 6.73. The van der Waals surface area contributed by atoms with E-state index in [1.807, 2.05) is 0 Å². The van der Waals surface area contributed by atoms with Crippen molar-refractivity contribution in [3.63, 3.8) is 0 Å². The second-order valence-electron chi connectivity index (χ2n) is 3.37. The van der Waals surface area contributed by atoms with Crippen LogP contribution in [-0.4, -0.2) is 41.4 Å². The molecule has 16 heavy (non-hydrogen) atoms. The number of benzene rings is 1. The summed E-state index contributed by atoms with van der Waals surface area (Å²) in [5.41, 5.74) is -0.00932. The van der Waals surface area contributed by atoms with E-state index in [1.165, 1.54) is 17.0 Å². The summed E-state index contributed by atoms with van der Waals surface area (Å²) >= 11 is -5.08. The van der Waals surface area contributed by atoms with Gasteiger partial charge in [-0.25, -0.2) is 0 Å². The van der Waals surface area contributed by atoms with E-state index in [0.29, 0.717) is 5.69 Å². The zero-order chi connectivity index (χ0) is 12.5. The van der Waals surface area contributed by atoms with Crippen LogP contribution >= 0.6 is 0 Å². The molecule has 1 aromatic rings. The van der Waals surface area contributed by atoms with Crippen molar-refractivity contribution in [1.29, 1.82) is 0 Å². The van der Waals surface area contributed by atoms with E-state index >= 15 is 0 Å². The number of hydrogen-bond acceptors (Lipinski definition) is 4. The Labute approximate surface area is 94.5 Å². The molecule has 0 heterocycles. The van der Waals surface area contributed by atoms with E-state index in [0.717, 1.165) is 6.07 Å². The summed E-state index contributed by atoms with van der Waals surface area (Å²) in [4.78, 5) is 11.6. The first-order chi connectivity index (χ1) is 7.23. The number of nitro benzene ring substituents is 1. The molecular weight excluding hydrogens is 279 g/mol. The average Bonchev–Trinajstić information content (AvgIpc) is 2.15. The molecule has 0 saturated heterocycles. The molecule has 0 atom stereocenters. The zero-order valence-electron chi connectivity index (χ0n) is 8.69. The van der Waals surface area contributed by atoms with Crippen molar-refractivity contribution in [2.45, 2.75) is 0 Å². The monoisotopic (exact) mass is 290 g/mol. The topological polar surface area (TPSA) is 104 Å². The first-order valence-corrected chi connectivity index (χ1v) is 7.63. The summed E-state index contributed by atoms with van der Waals surface area (Å²) in [6.45, 7) is 0. The number of nitro groups is 1. The third kappa shape index (κ3) is 2.63. The fraction of sp³-hybridized carbons (Fsp3) is 0.250. The molecule has 1 aromatic carbocycles. The van der Waals surface area contributed by atoms with Gasteiger partial charge in [-0.05, 0) is 0 Å². The van der Waals surface area contributed by atoms with Crippen LogP contribution in [0.15, 0.2) is 18.2 Å². The Balaban J connectivity index is 3.40. The summed E-state index contributed by atoms with van der Waals surface area (Å²) in [7, 11) is 3.23. The first kappa shape index (κ1) is 12.8. The summed E-state index contributed by atoms with van der Waals surface area (Å²) in [6.07, 6.45) is 0. The van der Waals surface area contributed by atoms with Crippen molar-refractivity contribution in [3.05, 3.63) is 28.3 Å². The summed E-state index contributed by atoms with van der Waals surface area (Å²) in [5.74, 6) is 0. The molecule has 0 radical (unpaired) electrons. The minimum absolute atomic E-state index is 0.296. The van der Waals surface area contributed by atoms with Crippen molar-refractivity contribution in [1.82, 2.24) is 0 Å². The Morgan fingerprint density at radius 3 is 2.31 bits per heavy atom. The molecule has 0 aliphatic heterocycles. The van der Waals surface area contributed by atoms with Crippen LogP contribution in [0.1, 0.15) is 0 Å². The molecule has 8 heteroatoms. The summed E-state index contributed by atoms with van der Waals surface area (Å²) in [6, 6.07) is 3.46. The predicted molar refractivity (Wildman–Crippen MR) is 57.9 cm³/mol. The molecule has 0 aliphatic carbocycles. The van der Waals surface area contributed by atoms with Crippen LogP contribution in [0.4, 0.5) is 11.4 Å². The molecule has 2 N–H and O–H groups in total. The third-order valence-electron chi connectivity index (χ3n) is 1.97. The molecule has 0 unspecified atom stereocenters. The number of anilines is 1. The van der Waals surface area contributed by atoms with Gasteiger partial charge in [-0.3, -0.25) is 0 Å². The molecule has 7 nitrogen and oxygen atoms in total. The van der Waals surface area contributed by atoms with Gasteiger partial charge in [0.05, 0.1) is 0 Å². The molecule has 0 spiro atoms. The summed E-state index contributed by atoms with van der Waals surface area (Å²) in [5, 5.41) is 10.7. The van der Waals surface area contributed by atoms with E-state index in [9.17, 15) is 13.9 Å². The van der Waals surface area contributed by atoms with Crippen LogP contribution < -0.4 is 9.25 Å². The van der Waals surface area contributed by atoms with Gasteiger partial charge in [0.1, 0.15) is 0 Å². The number of hydrogen-bond donors (Lipinski definition) is 2. The SMILES string of the molecule is CN(C)c1ccc([As](=O)(O)O)cc1[N+](=O)[O-]. The number of nitrogens with zero attached hydrogens (tertiary/aromatic N) is 2. The maximum atomic E-state index is 11.0. The Morgan fingerprint density at radius 2 is 1.94 bits per heavy atom. The Morgan fingerprint density at radius 1 is 1.38 bits per heavy atom. The first-order valence-electron chi connectivity index (χ1n) is 4.25. The maximum absolute atomic E-state index is 11.0. The second kappa shape index (κ2) is 4.29. The van der Waals surface area contributed by atoms with Crippen molar-refractivity contribution < 1.29 is 16.9 Å². The van der Waals surface area contributed by atoms with Gasteiger partial charge in [-0.1, -0.05) is 0 Å². The van der Waals surface area contributed by atoms with Crippen LogP contribution in [0.3, 0.4) is 0 Å². The molecule has 1 rings (SSSR count). The van der Waals surface area contributed by atoms with Gasteiger partial charge < -0.3 is 0 Å². The fourth-order valence-corrected chi connectivity index (χ4v) is 2.39. The van der Waals surface area contributed by atoms with Crippen molar-refractivity contribution in [2.24, 2.45) is 0 Å². The van der Waals surface area contributed by atoms with Crippen LogP contribution in [0, 0.1) is 10.1 Å². The normalized spacial score (nSPS) is 11.2. The molecule has 0 amide bonds. The fourth-order valence-electron chi connectivity index (χ4n) is 1.22. The van der Waals surface area contributed by atoms with Gasteiger partial charge in [-0.2, -0.15) is 0 Å². The van der Waals surface area contributed by atoms with Gasteiger partial charge in [0.25, 0.3) is 0 Å². The van der Waals surface area contributed by atoms with Gasteiger partial charge in [-0.15, -0.1) is 0 Å². The van der Waals surface area contributed by atoms with Gasteiger partial charge >= 0.3 is 94.1 Å². The Kier molecular flexibility index (Phi) is 3.42. The molecule has 0 saturated carbocycles. The average molecular weight is 290 g/mol. The van der Waals surface area contributed by atoms with E-state index in [2.05, 4.69) is 0 Å². The van der Waals surface area contributed by atoms with Crippen molar-refractivity contribution in [3.8, 4) is 0 Å².